The zero-order valence-corrected chi connectivity index (χ0v) is 12.5. The molecule has 0 bridgehead atoms. The molecule has 114 valence electrons. The van der Waals surface area contributed by atoms with Crippen LogP contribution in [0.3, 0.4) is 0 Å². The molecule has 0 radical (unpaired) electrons. The standard InChI is InChI=1S/C13H21N7O/c1-4-6-15-12(21)8(3)17-10-9-7-16-20-11(9)19-13(18-10)14-5-2/h7-8H,4-6H2,1-3H3,(H,15,21)(H3,14,16,17,18,19,20). The predicted octanol–water partition coefficient (Wildman–Crippen LogP) is 1.11. The topological polar surface area (TPSA) is 108 Å². The van der Waals surface area contributed by atoms with Gasteiger partial charge < -0.3 is 16.0 Å². The first-order valence-corrected chi connectivity index (χ1v) is 7.15. The second kappa shape index (κ2) is 6.87. The second-order valence-electron chi connectivity index (χ2n) is 4.72. The molecule has 0 aliphatic rings. The molecule has 8 heteroatoms. The van der Waals surface area contributed by atoms with Gasteiger partial charge in [-0.05, 0) is 20.3 Å². The summed E-state index contributed by atoms with van der Waals surface area (Å²) in [6, 6.07) is -0.390. The number of aromatic amines is 1. The van der Waals surface area contributed by atoms with Crippen LogP contribution in [0.15, 0.2) is 6.20 Å². The van der Waals surface area contributed by atoms with Crippen molar-refractivity contribution in [1.82, 2.24) is 25.5 Å². The second-order valence-corrected chi connectivity index (χ2v) is 4.72. The lowest BCUT2D eigenvalue weighted by Gasteiger charge is -2.15. The number of rotatable bonds is 7. The summed E-state index contributed by atoms with van der Waals surface area (Å²) in [5.41, 5.74) is 0.629. The van der Waals surface area contributed by atoms with E-state index in [2.05, 4.69) is 36.1 Å². The van der Waals surface area contributed by atoms with Crippen LogP contribution in [0.5, 0.6) is 0 Å². The number of nitrogens with zero attached hydrogens (tertiary/aromatic N) is 3. The minimum atomic E-state index is -0.390. The lowest BCUT2D eigenvalue weighted by molar-refractivity contribution is -0.121. The first kappa shape index (κ1) is 15.0. The Morgan fingerprint density at radius 1 is 1.38 bits per heavy atom. The van der Waals surface area contributed by atoms with Crippen molar-refractivity contribution in [2.75, 3.05) is 23.7 Å². The molecule has 1 amide bonds. The van der Waals surface area contributed by atoms with Gasteiger partial charge in [-0.3, -0.25) is 9.89 Å². The third-order valence-corrected chi connectivity index (χ3v) is 2.94. The maximum absolute atomic E-state index is 11.9. The van der Waals surface area contributed by atoms with Crippen LogP contribution in [-0.2, 0) is 4.79 Å². The molecule has 1 unspecified atom stereocenters. The molecular formula is C13H21N7O. The van der Waals surface area contributed by atoms with Crippen LogP contribution in [0.1, 0.15) is 27.2 Å². The van der Waals surface area contributed by atoms with Gasteiger partial charge in [-0.15, -0.1) is 0 Å². The van der Waals surface area contributed by atoms with Crippen LogP contribution in [0.4, 0.5) is 11.8 Å². The number of amides is 1. The molecule has 2 rings (SSSR count). The van der Waals surface area contributed by atoms with Crippen molar-refractivity contribution in [2.24, 2.45) is 0 Å². The molecule has 2 aromatic heterocycles. The van der Waals surface area contributed by atoms with E-state index in [1.165, 1.54) is 0 Å². The molecule has 0 aliphatic heterocycles. The summed E-state index contributed by atoms with van der Waals surface area (Å²) in [6.07, 6.45) is 2.55. The van der Waals surface area contributed by atoms with E-state index in [1.54, 1.807) is 13.1 Å². The van der Waals surface area contributed by atoms with E-state index in [9.17, 15) is 4.79 Å². The summed E-state index contributed by atoms with van der Waals surface area (Å²) in [5.74, 6) is 1.03. The summed E-state index contributed by atoms with van der Waals surface area (Å²) in [6.45, 7) is 7.16. The van der Waals surface area contributed by atoms with Crippen LogP contribution in [-0.4, -0.2) is 45.2 Å². The zero-order valence-electron chi connectivity index (χ0n) is 12.5. The monoisotopic (exact) mass is 291 g/mol. The number of H-pyrrole nitrogens is 1. The van der Waals surface area contributed by atoms with Crippen molar-refractivity contribution in [2.45, 2.75) is 33.2 Å². The number of fused-ring (bicyclic) bond motifs is 1. The third kappa shape index (κ3) is 3.59. The maximum atomic E-state index is 11.9. The summed E-state index contributed by atoms with van der Waals surface area (Å²) in [4.78, 5) is 20.6. The number of nitrogens with one attached hydrogen (secondary N) is 4. The van der Waals surface area contributed by atoms with Gasteiger partial charge in [0.05, 0.1) is 11.6 Å². The minimum absolute atomic E-state index is 0.0582. The number of carbonyl (C=O) groups excluding carboxylic acids is 1. The van der Waals surface area contributed by atoms with Gasteiger partial charge in [0.25, 0.3) is 0 Å². The molecule has 0 aromatic carbocycles. The highest BCUT2D eigenvalue weighted by Crippen LogP contribution is 2.20. The smallest absolute Gasteiger partial charge is 0.242 e. The van der Waals surface area contributed by atoms with Crippen molar-refractivity contribution in [3.05, 3.63) is 6.20 Å². The summed E-state index contributed by atoms with van der Waals surface area (Å²) in [5, 5.41) is 16.6. The van der Waals surface area contributed by atoms with Crippen molar-refractivity contribution in [3.8, 4) is 0 Å². The molecule has 2 heterocycles. The molecule has 4 N–H and O–H groups in total. The van der Waals surface area contributed by atoms with E-state index in [0.29, 0.717) is 30.5 Å². The number of hydrogen-bond acceptors (Lipinski definition) is 6. The fourth-order valence-electron chi connectivity index (χ4n) is 1.85. The Kier molecular flexibility index (Phi) is 4.91. The highest BCUT2D eigenvalue weighted by molar-refractivity contribution is 5.90. The van der Waals surface area contributed by atoms with Gasteiger partial charge in [0.15, 0.2) is 5.65 Å². The third-order valence-electron chi connectivity index (χ3n) is 2.94. The molecule has 2 aromatic rings. The fourth-order valence-corrected chi connectivity index (χ4v) is 1.85. The van der Waals surface area contributed by atoms with Gasteiger partial charge in [0.2, 0.25) is 11.9 Å². The Bertz CT molecular complexity index is 610. The van der Waals surface area contributed by atoms with Crippen molar-refractivity contribution >= 4 is 28.7 Å². The van der Waals surface area contributed by atoms with Gasteiger partial charge in [0.1, 0.15) is 11.9 Å². The van der Waals surface area contributed by atoms with Crippen LogP contribution in [0.2, 0.25) is 0 Å². The average Bonchev–Trinajstić information content (AvgIpc) is 2.93. The molecule has 1 atom stereocenters. The zero-order chi connectivity index (χ0) is 15.2. The molecule has 0 spiro atoms. The normalized spacial score (nSPS) is 12.1. The molecular weight excluding hydrogens is 270 g/mol. The minimum Gasteiger partial charge on any atom is -0.358 e. The average molecular weight is 291 g/mol. The van der Waals surface area contributed by atoms with Crippen LogP contribution in [0, 0.1) is 0 Å². The number of hydrogen-bond donors (Lipinski definition) is 4. The number of anilines is 2. The quantitative estimate of drug-likeness (QED) is 0.608. The fraction of sp³-hybridized carbons (Fsp3) is 0.538. The Morgan fingerprint density at radius 2 is 2.19 bits per heavy atom. The largest absolute Gasteiger partial charge is 0.358 e. The molecule has 0 aliphatic carbocycles. The molecule has 0 saturated heterocycles. The summed E-state index contributed by atoms with van der Waals surface area (Å²) in [7, 11) is 0. The van der Waals surface area contributed by atoms with Gasteiger partial charge >= 0.3 is 0 Å². The van der Waals surface area contributed by atoms with Crippen molar-refractivity contribution < 1.29 is 4.79 Å². The van der Waals surface area contributed by atoms with E-state index in [0.717, 1.165) is 11.8 Å². The Hall–Kier alpha value is -2.38. The Labute approximate surface area is 123 Å². The Balaban J connectivity index is 2.19. The van der Waals surface area contributed by atoms with Gasteiger partial charge in [-0.2, -0.15) is 15.1 Å². The van der Waals surface area contributed by atoms with Crippen LogP contribution < -0.4 is 16.0 Å². The molecule has 21 heavy (non-hydrogen) atoms. The van der Waals surface area contributed by atoms with Crippen LogP contribution in [0.25, 0.3) is 11.0 Å². The first-order valence-electron chi connectivity index (χ1n) is 7.15. The Morgan fingerprint density at radius 3 is 2.90 bits per heavy atom. The van der Waals surface area contributed by atoms with E-state index in [1.807, 2.05) is 13.8 Å². The molecule has 0 saturated carbocycles. The lowest BCUT2D eigenvalue weighted by Crippen LogP contribution is -2.38. The first-order chi connectivity index (χ1) is 10.2. The highest BCUT2D eigenvalue weighted by atomic mass is 16.2. The van der Waals surface area contributed by atoms with Gasteiger partial charge in [-0.25, -0.2) is 0 Å². The maximum Gasteiger partial charge on any atom is 0.242 e. The number of aromatic nitrogens is 4. The van der Waals surface area contributed by atoms with Crippen molar-refractivity contribution in [1.29, 1.82) is 0 Å². The summed E-state index contributed by atoms with van der Waals surface area (Å²) < 4.78 is 0. The SMILES string of the molecule is CCCNC(=O)C(C)Nc1nc(NCC)nc2[nH]ncc12. The molecule has 0 fully saturated rings. The van der Waals surface area contributed by atoms with Gasteiger partial charge in [-0.1, -0.05) is 6.92 Å². The lowest BCUT2D eigenvalue weighted by atomic mass is 10.3. The van der Waals surface area contributed by atoms with E-state index in [4.69, 9.17) is 0 Å². The van der Waals surface area contributed by atoms with E-state index < -0.39 is 0 Å². The van der Waals surface area contributed by atoms with Gasteiger partial charge in [0, 0.05) is 13.1 Å². The van der Waals surface area contributed by atoms with Crippen molar-refractivity contribution in [3.63, 3.8) is 0 Å². The summed E-state index contributed by atoms with van der Waals surface area (Å²) >= 11 is 0. The van der Waals surface area contributed by atoms with Crippen LogP contribution >= 0.6 is 0 Å². The predicted molar refractivity (Wildman–Crippen MR) is 82.2 cm³/mol. The highest BCUT2D eigenvalue weighted by Gasteiger charge is 2.16. The number of carbonyl (C=O) groups is 1. The molecule has 8 nitrogen and oxygen atoms in total. The van der Waals surface area contributed by atoms with E-state index in [-0.39, 0.29) is 11.9 Å². The van der Waals surface area contributed by atoms with E-state index >= 15 is 0 Å².